The second-order valence-corrected chi connectivity index (χ2v) is 7.90. The van der Waals surface area contributed by atoms with Crippen molar-refractivity contribution in [2.24, 2.45) is 5.41 Å². The van der Waals surface area contributed by atoms with E-state index < -0.39 is 5.41 Å². The van der Waals surface area contributed by atoms with Crippen molar-refractivity contribution in [1.82, 2.24) is 4.90 Å². The van der Waals surface area contributed by atoms with E-state index in [-0.39, 0.29) is 19.1 Å². The first-order valence-corrected chi connectivity index (χ1v) is 8.89. The number of aryl methyl sites for hydroxylation is 2. The molecule has 2 rings (SSSR count). The maximum atomic E-state index is 12.6. The fourth-order valence-corrected chi connectivity index (χ4v) is 4.18. The summed E-state index contributed by atoms with van der Waals surface area (Å²) in [6, 6.07) is 2.05. The molecule has 0 saturated carbocycles. The van der Waals surface area contributed by atoms with Gasteiger partial charge in [-0.2, -0.15) is 0 Å². The zero-order valence-corrected chi connectivity index (χ0v) is 14.4. The first kappa shape index (κ1) is 17.4. The van der Waals surface area contributed by atoms with Gasteiger partial charge in [-0.3, -0.25) is 4.79 Å². The number of carbonyl (C=O) groups excluding carboxylic acids is 1. The predicted molar refractivity (Wildman–Crippen MR) is 89.4 cm³/mol. The monoisotopic (exact) mass is 325 g/mol. The van der Waals surface area contributed by atoms with E-state index in [4.69, 9.17) is 0 Å². The third-order valence-electron chi connectivity index (χ3n) is 4.44. The number of hydrogen-bond acceptors (Lipinski definition) is 4. The van der Waals surface area contributed by atoms with Crippen molar-refractivity contribution in [3.8, 4) is 0 Å². The lowest BCUT2D eigenvalue weighted by molar-refractivity contribution is 0.0368. The normalized spacial score (nSPS) is 15.8. The minimum absolute atomic E-state index is 0.00938. The zero-order valence-electron chi connectivity index (χ0n) is 13.6. The van der Waals surface area contributed by atoms with Gasteiger partial charge in [0.1, 0.15) is 0 Å². The maximum absolute atomic E-state index is 12.6. The summed E-state index contributed by atoms with van der Waals surface area (Å²) >= 11 is 1.62. The van der Waals surface area contributed by atoms with E-state index in [0.29, 0.717) is 6.54 Å². The summed E-state index contributed by atoms with van der Waals surface area (Å²) in [6.45, 7) is 1.86. The van der Waals surface area contributed by atoms with Crippen molar-refractivity contribution in [3.63, 3.8) is 0 Å². The van der Waals surface area contributed by atoms with Gasteiger partial charge < -0.3 is 15.1 Å². The molecule has 0 bridgehead atoms. The predicted octanol–water partition coefficient (Wildman–Crippen LogP) is 2.47. The Morgan fingerprint density at radius 3 is 2.50 bits per heavy atom. The molecule has 22 heavy (non-hydrogen) atoms. The number of hydrogen-bond donors (Lipinski definition) is 2. The van der Waals surface area contributed by atoms with Crippen LogP contribution in [0.15, 0.2) is 6.07 Å². The fourth-order valence-electron chi connectivity index (χ4n) is 2.93. The van der Waals surface area contributed by atoms with Crippen molar-refractivity contribution in [2.75, 3.05) is 26.8 Å². The standard InChI is InChI=1S/C17H27NO3S/c1-17(11-19,12-20)10-18(2)16(21)15-9-13-7-5-3-4-6-8-14(13)22-15/h9,19-20H,3-8,10-12H2,1-2H3. The van der Waals surface area contributed by atoms with E-state index >= 15 is 0 Å². The van der Waals surface area contributed by atoms with Gasteiger partial charge in [0.15, 0.2) is 0 Å². The highest BCUT2D eigenvalue weighted by atomic mass is 32.1. The summed E-state index contributed by atoms with van der Waals surface area (Å²) in [5.41, 5.74) is 0.685. The van der Waals surface area contributed by atoms with E-state index in [2.05, 4.69) is 6.07 Å². The molecule has 0 radical (unpaired) electrons. The molecule has 0 saturated heterocycles. The molecule has 0 atom stereocenters. The average Bonchev–Trinajstić information content (AvgIpc) is 2.88. The minimum atomic E-state index is -0.657. The second-order valence-electron chi connectivity index (χ2n) is 6.76. The zero-order chi connectivity index (χ0) is 16.2. The topological polar surface area (TPSA) is 60.8 Å². The quantitative estimate of drug-likeness (QED) is 0.874. The SMILES string of the molecule is CN(CC(C)(CO)CO)C(=O)c1cc2c(s1)CCCCCC2. The number of carbonyl (C=O) groups is 1. The van der Waals surface area contributed by atoms with Crippen LogP contribution >= 0.6 is 11.3 Å². The highest BCUT2D eigenvalue weighted by Gasteiger charge is 2.28. The molecule has 2 N–H and O–H groups in total. The van der Waals surface area contributed by atoms with Gasteiger partial charge in [0.2, 0.25) is 0 Å². The van der Waals surface area contributed by atoms with Crippen LogP contribution < -0.4 is 0 Å². The lowest BCUT2D eigenvalue weighted by atomic mass is 9.92. The van der Waals surface area contributed by atoms with Gasteiger partial charge >= 0.3 is 0 Å². The maximum Gasteiger partial charge on any atom is 0.263 e. The second kappa shape index (κ2) is 7.57. The van der Waals surface area contributed by atoms with Crippen LogP contribution in [0.1, 0.15) is 52.7 Å². The molecule has 0 spiro atoms. The Labute approximate surface area is 136 Å². The Kier molecular flexibility index (Phi) is 6.01. The lowest BCUT2D eigenvalue weighted by Gasteiger charge is -2.30. The fraction of sp³-hybridized carbons (Fsp3) is 0.706. The molecule has 0 fully saturated rings. The van der Waals surface area contributed by atoms with Crippen LogP contribution in [-0.4, -0.2) is 47.8 Å². The molecule has 4 nitrogen and oxygen atoms in total. The molecule has 1 heterocycles. The third kappa shape index (κ3) is 4.09. The summed E-state index contributed by atoms with van der Waals surface area (Å²) in [7, 11) is 1.74. The number of amides is 1. The summed E-state index contributed by atoms with van der Waals surface area (Å²) < 4.78 is 0. The van der Waals surface area contributed by atoms with Crippen LogP contribution in [0.5, 0.6) is 0 Å². The van der Waals surface area contributed by atoms with E-state index in [1.54, 1.807) is 30.2 Å². The molecule has 1 aliphatic rings. The van der Waals surface area contributed by atoms with Gasteiger partial charge in [0, 0.05) is 23.9 Å². The molecule has 1 aromatic rings. The Hall–Kier alpha value is -0.910. The molecular weight excluding hydrogens is 298 g/mol. The molecule has 124 valence electrons. The molecule has 1 aromatic heterocycles. The molecule has 0 aliphatic heterocycles. The molecule has 1 aliphatic carbocycles. The Morgan fingerprint density at radius 1 is 1.23 bits per heavy atom. The third-order valence-corrected chi connectivity index (χ3v) is 5.66. The number of aliphatic hydroxyl groups is 2. The number of rotatable bonds is 5. The van der Waals surface area contributed by atoms with Gasteiger partial charge in [0.05, 0.1) is 18.1 Å². The Bertz CT molecular complexity index is 483. The summed E-state index contributed by atoms with van der Waals surface area (Å²) in [5, 5.41) is 18.8. The van der Waals surface area contributed by atoms with Gasteiger partial charge in [-0.25, -0.2) is 0 Å². The molecular formula is C17H27NO3S. The van der Waals surface area contributed by atoms with E-state index in [9.17, 15) is 15.0 Å². The van der Waals surface area contributed by atoms with Crippen molar-refractivity contribution in [3.05, 3.63) is 21.4 Å². The largest absolute Gasteiger partial charge is 0.396 e. The number of aliphatic hydroxyl groups excluding tert-OH is 2. The van der Waals surface area contributed by atoms with Crippen LogP contribution in [0.2, 0.25) is 0 Å². The van der Waals surface area contributed by atoms with Crippen LogP contribution in [-0.2, 0) is 12.8 Å². The van der Waals surface area contributed by atoms with Gasteiger partial charge in [-0.15, -0.1) is 11.3 Å². The van der Waals surface area contributed by atoms with Crippen molar-refractivity contribution >= 4 is 17.2 Å². The Morgan fingerprint density at radius 2 is 1.86 bits per heavy atom. The molecule has 5 heteroatoms. The van der Waals surface area contributed by atoms with Crippen LogP contribution in [0.4, 0.5) is 0 Å². The smallest absolute Gasteiger partial charge is 0.263 e. The summed E-state index contributed by atoms with van der Waals surface area (Å²) in [4.78, 5) is 16.4. The van der Waals surface area contributed by atoms with Gasteiger partial charge in [0.25, 0.3) is 5.91 Å². The highest BCUT2D eigenvalue weighted by Crippen LogP contribution is 2.29. The van der Waals surface area contributed by atoms with E-state index in [1.807, 2.05) is 0 Å². The lowest BCUT2D eigenvalue weighted by Crippen LogP contribution is -2.41. The van der Waals surface area contributed by atoms with Crippen LogP contribution in [0.25, 0.3) is 0 Å². The van der Waals surface area contributed by atoms with Crippen molar-refractivity contribution in [2.45, 2.75) is 45.4 Å². The summed E-state index contributed by atoms with van der Waals surface area (Å²) in [6.07, 6.45) is 7.15. The van der Waals surface area contributed by atoms with E-state index in [0.717, 1.165) is 17.7 Å². The first-order valence-electron chi connectivity index (χ1n) is 8.08. The van der Waals surface area contributed by atoms with Gasteiger partial charge in [-0.05, 0) is 37.3 Å². The summed E-state index contributed by atoms with van der Waals surface area (Å²) in [5.74, 6) is -0.00938. The minimum Gasteiger partial charge on any atom is -0.396 e. The van der Waals surface area contributed by atoms with Crippen LogP contribution in [0.3, 0.4) is 0 Å². The molecule has 0 aromatic carbocycles. The van der Waals surface area contributed by atoms with E-state index in [1.165, 1.54) is 36.1 Å². The highest BCUT2D eigenvalue weighted by molar-refractivity contribution is 7.14. The molecule has 0 unspecified atom stereocenters. The average molecular weight is 325 g/mol. The number of fused-ring (bicyclic) bond motifs is 1. The number of thiophene rings is 1. The van der Waals surface area contributed by atoms with Crippen molar-refractivity contribution in [1.29, 1.82) is 0 Å². The van der Waals surface area contributed by atoms with Gasteiger partial charge in [-0.1, -0.05) is 19.8 Å². The molecule has 1 amide bonds. The Balaban J connectivity index is 2.10. The van der Waals surface area contributed by atoms with Crippen LogP contribution in [0, 0.1) is 5.41 Å². The van der Waals surface area contributed by atoms with Crippen molar-refractivity contribution < 1.29 is 15.0 Å². The first-order chi connectivity index (χ1) is 10.5. The number of nitrogens with zero attached hydrogens (tertiary/aromatic N) is 1.